The first-order chi connectivity index (χ1) is 10.2. The van der Waals surface area contributed by atoms with Crippen molar-refractivity contribution < 1.29 is 0 Å². The Kier molecular flexibility index (Phi) is 4.36. The molecule has 0 aliphatic carbocycles. The molecule has 0 saturated carbocycles. The van der Waals surface area contributed by atoms with Crippen LogP contribution in [-0.4, -0.2) is 4.98 Å². The molecule has 0 bridgehead atoms. The molecule has 0 aliphatic heterocycles. The topological polar surface area (TPSA) is 24.9 Å². The highest BCUT2D eigenvalue weighted by Gasteiger charge is 2.10. The molecule has 21 heavy (non-hydrogen) atoms. The fourth-order valence-corrected chi connectivity index (χ4v) is 3.43. The average Bonchev–Trinajstić information content (AvgIpc) is 2.97. The maximum atomic E-state index is 4.68. The summed E-state index contributed by atoms with van der Waals surface area (Å²) < 4.78 is 1.07. The first kappa shape index (κ1) is 14.3. The molecular formula is C17H15BrN2S. The molecular weight excluding hydrogens is 344 g/mol. The maximum Gasteiger partial charge on any atom is 0.183 e. The predicted octanol–water partition coefficient (Wildman–Crippen LogP) is 5.75. The lowest BCUT2D eigenvalue weighted by molar-refractivity contribution is 0.882. The van der Waals surface area contributed by atoms with Gasteiger partial charge in [0.15, 0.2) is 5.13 Å². The number of anilines is 1. The molecule has 1 aromatic heterocycles. The third-order valence-corrected chi connectivity index (χ3v) is 4.76. The van der Waals surface area contributed by atoms with Gasteiger partial charge in [-0.15, -0.1) is 11.3 Å². The molecule has 1 heterocycles. The van der Waals surface area contributed by atoms with Gasteiger partial charge in [-0.1, -0.05) is 64.5 Å². The van der Waals surface area contributed by atoms with E-state index >= 15 is 0 Å². The fourth-order valence-electron chi connectivity index (χ4n) is 2.14. The zero-order valence-corrected chi connectivity index (χ0v) is 14.0. The lowest BCUT2D eigenvalue weighted by Crippen LogP contribution is -2.05. The van der Waals surface area contributed by atoms with Gasteiger partial charge in [-0.2, -0.15) is 0 Å². The van der Waals surface area contributed by atoms with Crippen LogP contribution in [-0.2, 0) is 0 Å². The van der Waals surface area contributed by atoms with Gasteiger partial charge in [-0.25, -0.2) is 4.98 Å². The Balaban J connectivity index is 1.78. The first-order valence-electron chi connectivity index (χ1n) is 6.76. The summed E-state index contributed by atoms with van der Waals surface area (Å²) in [5.41, 5.74) is 3.37. The smallest absolute Gasteiger partial charge is 0.183 e. The predicted molar refractivity (Wildman–Crippen MR) is 93.7 cm³/mol. The second kappa shape index (κ2) is 6.41. The van der Waals surface area contributed by atoms with E-state index in [1.807, 2.05) is 24.3 Å². The van der Waals surface area contributed by atoms with Gasteiger partial charge in [-0.05, 0) is 18.6 Å². The van der Waals surface area contributed by atoms with Crippen LogP contribution in [0.3, 0.4) is 0 Å². The molecule has 0 saturated heterocycles. The Hall–Kier alpha value is -1.65. The van der Waals surface area contributed by atoms with Crippen molar-refractivity contribution >= 4 is 32.4 Å². The zero-order valence-electron chi connectivity index (χ0n) is 11.6. The van der Waals surface area contributed by atoms with Gasteiger partial charge < -0.3 is 5.32 Å². The molecule has 0 amide bonds. The molecule has 0 unspecified atom stereocenters. The second-order valence-corrected chi connectivity index (χ2v) is 6.51. The van der Waals surface area contributed by atoms with Crippen LogP contribution in [0.5, 0.6) is 0 Å². The molecule has 3 aromatic rings. The van der Waals surface area contributed by atoms with E-state index in [1.165, 1.54) is 5.56 Å². The Bertz CT molecular complexity index is 724. The van der Waals surface area contributed by atoms with Crippen molar-refractivity contribution in [2.45, 2.75) is 13.0 Å². The van der Waals surface area contributed by atoms with Crippen molar-refractivity contribution in [2.24, 2.45) is 0 Å². The Morgan fingerprint density at radius 3 is 2.52 bits per heavy atom. The summed E-state index contributed by atoms with van der Waals surface area (Å²) in [6.07, 6.45) is 0. The van der Waals surface area contributed by atoms with E-state index < -0.39 is 0 Å². The standard InChI is InChI=1S/C17H15BrN2S/c1-12(13-7-3-2-4-8-13)19-17-20-16(11-21-17)14-9-5-6-10-15(14)18/h2-12H,1H3,(H,19,20)/t12-/m0/s1. The van der Waals surface area contributed by atoms with Crippen molar-refractivity contribution in [2.75, 3.05) is 5.32 Å². The van der Waals surface area contributed by atoms with Crippen LogP contribution >= 0.6 is 27.3 Å². The van der Waals surface area contributed by atoms with Crippen molar-refractivity contribution in [1.82, 2.24) is 4.98 Å². The molecule has 0 fully saturated rings. The van der Waals surface area contributed by atoms with E-state index in [0.717, 1.165) is 20.9 Å². The van der Waals surface area contributed by atoms with Crippen molar-refractivity contribution in [1.29, 1.82) is 0 Å². The summed E-state index contributed by atoms with van der Waals surface area (Å²) in [5.74, 6) is 0. The molecule has 2 aromatic carbocycles. The van der Waals surface area contributed by atoms with Crippen molar-refractivity contribution in [3.8, 4) is 11.3 Å². The fraction of sp³-hybridized carbons (Fsp3) is 0.118. The number of hydrogen-bond donors (Lipinski definition) is 1. The van der Waals surface area contributed by atoms with E-state index in [1.54, 1.807) is 11.3 Å². The van der Waals surface area contributed by atoms with Gasteiger partial charge >= 0.3 is 0 Å². The number of nitrogens with zero attached hydrogens (tertiary/aromatic N) is 1. The number of rotatable bonds is 4. The number of halogens is 1. The van der Waals surface area contributed by atoms with Crippen LogP contribution in [0.15, 0.2) is 64.5 Å². The molecule has 0 aliphatic rings. The molecule has 0 radical (unpaired) electrons. The van der Waals surface area contributed by atoms with Gasteiger partial charge in [0.1, 0.15) is 0 Å². The van der Waals surface area contributed by atoms with Gasteiger partial charge in [-0.3, -0.25) is 0 Å². The summed E-state index contributed by atoms with van der Waals surface area (Å²) >= 11 is 5.21. The maximum absolute atomic E-state index is 4.68. The highest BCUT2D eigenvalue weighted by atomic mass is 79.9. The van der Waals surface area contributed by atoms with E-state index in [4.69, 9.17) is 0 Å². The Labute approximate surface area is 137 Å². The SMILES string of the molecule is C[C@H](Nc1nc(-c2ccccc2Br)cs1)c1ccccc1. The van der Waals surface area contributed by atoms with Gasteiger partial charge in [0.05, 0.1) is 11.7 Å². The third-order valence-electron chi connectivity index (χ3n) is 3.29. The second-order valence-electron chi connectivity index (χ2n) is 4.79. The van der Waals surface area contributed by atoms with Crippen LogP contribution in [0, 0.1) is 0 Å². The number of benzene rings is 2. The van der Waals surface area contributed by atoms with E-state index in [2.05, 4.69) is 68.9 Å². The highest BCUT2D eigenvalue weighted by Crippen LogP contribution is 2.31. The van der Waals surface area contributed by atoms with Crippen molar-refractivity contribution in [3.05, 3.63) is 70.0 Å². The zero-order chi connectivity index (χ0) is 14.7. The van der Waals surface area contributed by atoms with Crippen LogP contribution in [0.2, 0.25) is 0 Å². The van der Waals surface area contributed by atoms with Gasteiger partial charge in [0, 0.05) is 15.4 Å². The first-order valence-corrected chi connectivity index (χ1v) is 8.43. The van der Waals surface area contributed by atoms with Gasteiger partial charge in [0.25, 0.3) is 0 Å². The monoisotopic (exact) mass is 358 g/mol. The summed E-state index contributed by atoms with van der Waals surface area (Å²) in [6.45, 7) is 2.15. The van der Waals surface area contributed by atoms with Crippen LogP contribution in [0.4, 0.5) is 5.13 Å². The highest BCUT2D eigenvalue weighted by molar-refractivity contribution is 9.10. The number of hydrogen-bond acceptors (Lipinski definition) is 3. The van der Waals surface area contributed by atoms with Crippen LogP contribution in [0.1, 0.15) is 18.5 Å². The summed E-state index contributed by atoms with van der Waals surface area (Å²) in [4.78, 5) is 4.68. The quantitative estimate of drug-likeness (QED) is 0.642. The Morgan fingerprint density at radius 2 is 1.76 bits per heavy atom. The molecule has 3 rings (SSSR count). The minimum atomic E-state index is 0.240. The summed E-state index contributed by atoms with van der Waals surface area (Å²) in [7, 11) is 0. The molecule has 2 nitrogen and oxygen atoms in total. The average molecular weight is 359 g/mol. The molecule has 1 N–H and O–H groups in total. The third kappa shape index (κ3) is 3.34. The Morgan fingerprint density at radius 1 is 1.05 bits per heavy atom. The van der Waals surface area contributed by atoms with E-state index in [9.17, 15) is 0 Å². The normalized spacial score (nSPS) is 12.1. The summed E-state index contributed by atoms with van der Waals surface area (Å²) in [6, 6.07) is 18.8. The van der Waals surface area contributed by atoms with Crippen molar-refractivity contribution in [3.63, 3.8) is 0 Å². The molecule has 1 atom stereocenters. The lowest BCUT2D eigenvalue weighted by Gasteiger charge is -2.12. The minimum Gasteiger partial charge on any atom is -0.355 e. The van der Waals surface area contributed by atoms with Gasteiger partial charge in [0.2, 0.25) is 0 Å². The molecule has 0 spiro atoms. The molecule has 106 valence electrons. The lowest BCUT2D eigenvalue weighted by atomic mass is 10.1. The minimum absolute atomic E-state index is 0.240. The largest absolute Gasteiger partial charge is 0.355 e. The van der Waals surface area contributed by atoms with E-state index in [0.29, 0.717) is 0 Å². The summed E-state index contributed by atoms with van der Waals surface area (Å²) in [5, 5.41) is 6.49. The van der Waals surface area contributed by atoms with Crippen LogP contribution < -0.4 is 5.32 Å². The van der Waals surface area contributed by atoms with Crippen LogP contribution in [0.25, 0.3) is 11.3 Å². The number of aromatic nitrogens is 1. The molecule has 4 heteroatoms. The van der Waals surface area contributed by atoms with E-state index in [-0.39, 0.29) is 6.04 Å². The number of nitrogens with one attached hydrogen (secondary N) is 1. The number of thiazole rings is 1.